The molecule has 0 aliphatic rings. The maximum Gasteiger partial charge on any atom is 0.415 e. The van der Waals surface area contributed by atoms with Crippen molar-refractivity contribution in [1.82, 2.24) is 15.5 Å². The lowest BCUT2D eigenvalue weighted by molar-refractivity contribution is -0.190. The van der Waals surface area contributed by atoms with Crippen LogP contribution in [0.1, 0.15) is 30.4 Å². The zero-order chi connectivity index (χ0) is 13.3. The van der Waals surface area contributed by atoms with E-state index < -0.39 is 29.3 Å². The van der Waals surface area contributed by atoms with Crippen LogP contribution in [0.4, 0.5) is 13.2 Å². The number of nitrogens with one attached hydrogen (secondary N) is 1. The summed E-state index contributed by atoms with van der Waals surface area (Å²) in [6.07, 6.45) is -4.75. The first-order chi connectivity index (χ1) is 7.70. The van der Waals surface area contributed by atoms with Crippen LogP contribution in [0.5, 0.6) is 0 Å². The number of aromatic nitrogens is 2. The van der Waals surface area contributed by atoms with Crippen molar-refractivity contribution in [3.05, 3.63) is 11.7 Å². The van der Waals surface area contributed by atoms with Crippen molar-refractivity contribution in [2.24, 2.45) is 5.73 Å². The van der Waals surface area contributed by atoms with Crippen molar-refractivity contribution in [3.8, 4) is 0 Å². The van der Waals surface area contributed by atoms with Gasteiger partial charge in [0.1, 0.15) is 0 Å². The first-order valence-electron chi connectivity index (χ1n) is 4.68. The van der Waals surface area contributed by atoms with Gasteiger partial charge in [-0.15, -0.1) is 0 Å². The van der Waals surface area contributed by atoms with Crippen molar-refractivity contribution in [2.45, 2.75) is 25.6 Å². The molecule has 0 fully saturated rings. The molecule has 9 heteroatoms. The van der Waals surface area contributed by atoms with E-state index in [1.807, 2.05) is 0 Å². The molecule has 0 aromatic carbocycles. The Bertz CT molecular complexity index is 413. The van der Waals surface area contributed by atoms with E-state index in [1.54, 1.807) is 6.92 Å². The fourth-order valence-electron chi connectivity index (χ4n) is 0.888. The molecule has 0 saturated heterocycles. The largest absolute Gasteiger partial charge is 0.415 e. The molecular weight excluding hydrogens is 241 g/mol. The van der Waals surface area contributed by atoms with Gasteiger partial charge in [0.25, 0.3) is 17.6 Å². The molecule has 0 radical (unpaired) electrons. The van der Waals surface area contributed by atoms with E-state index in [4.69, 9.17) is 5.73 Å². The van der Waals surface area contributed by atoms with Crippen molar-refractivity contribution < 1.29 is 22.5 Å². The number of nitrogens with two attached hydrogens (primary N) is 1. The molecule has 1 atom stereocenters. The quantitative estimate of drug-likeness (QED) is 0.819. The Morgan fingerprint density at radius 1 is 1.53 bits per heavy atom. The predicted molar refractivity (Wildman–Crippen MR) is 49.9 cm³/mol. The minimum absolute atomic E-state index is 0.294. The maximum atomic E-state index is 12.5. The molecule has 1 aromatic heterocycles. The maximum absolute atomic E-state index is 12.5. The number of amides is 1. The molecule has 0 aliphatic carbocycles. The molecule has 1 aromatic rings. The molecule has 0 aliphatic heterocycles. The van der Waals surface area contributed by atoms with E-state index in [0.29, 0.717) is 13.5 Å². The number of halogens is 3. The third-order valence-corrected chi connectivity index (χ3v) is 2.00. The van der Waals surface area contributed by atoms with E-state index in [0.717, 1.165) is 0 Å². The minimum Gasteiger partial charge on any atom is -0.349 e. The molecule has 1 heterocycles. The first kappa shape index (κ1) is 13.4. The number of alkyl halides is 3. The number of hydrogen-bond acceptors (Lipinski definition) is 5. The highest BCUT2D eigenvalue weighted by molar-refractivity contribution is 5.90. The van der Waals surface area contributed by atoms with Gasteiger partial charge in [-0.2, -0.15) is 18.2 Å². The van der Waals surface area contributed by atoms with Crippen LogP contribution in [0.2, 0.25) is 0 Å². The highest BCUT2D eigenvalue weighted by Gasteiger charge is 2.53. The molecule has 0 saturated carbocycles. The van der Waals surface area contributed by atoms with Crippen LogP contribution in [-0.2, 0) is 5.54 Å². The summed E-state index contributed by atoms with van der Waals surface area (Å²) in [6.45, 7) is 2.62. The van der Waals surface area contributed by atoms with Gasteiger partial charge in [0.15, 0.2) is 5.54 Å². The zero-order valence-electron chi connectivity index (χ0n) is 9.13. The molecule has 1 unspecified atom stereocenters. The lowest BCUT2D eigenvalue weighted by Crippen LogP contribution is -2.48. The summed E-state index contributed by atoms with van der Waals surface area (Å²) in [5.41, 5.74) is 2.26. The summed E-state index contributed by atoms with van der Waals surface area (Å²) in [7, 11) is 0. The topological polar surface area (TPSA) is 94.0 Å². The lowest BCUT2D eigenvalue weighted by Gasteiger charge is -2.22. The lowest BCUT2D eigenvalue weighted by atomic mass is 10.0. The molecule has 6 nitrogen and oxygen atoms in total. The highest BCUT2D eigenvalue weighted by Crippen LogP contribution is 2.35. The average Bonchev–Trinajstić information content (AvgIpc) is 2.65. The summed E-state index contributed by atoms with van der Waals surface area (Å²) in [5, 5.41) is 5.46. The van der Waals surface area contributed by atoms with Crippen LogP contribution < -0.4 is 11.1 Å². The van der Waals surface area contributed by atoms with Gasteiger partial charge in [-0.3, -0.25) is 4.79 Å². The Labute approximate surface area is 94.4 Å². The Morgan fingerprint density at radius 2 is 2.12 bits per heavy atom. The van der Waals surface area contributed by atoms with Crippen LogP contribution in [0, 0.1) is 0 Å². The van der Waals surface area contributed by atoms with Crippen molar-refractivity contribution in [3.63, 3.8) is 0 Å². The van der Waals surface area contributed by atoms with Crippen LogP contribution in [-0.4, -0.2) is 28.8 Å². The van der Waals surface area contributed by atoms with Crippen LogP contribution >= 0.6 is 0 Å². The summed E-state index contributed by atoms with van der Waals surface area (Å²) >= 11 is 0. The SMILES string of the molecule is CCNC(=O)c1noc(C(C)(N)C(F)(F)F)n1. The summed E-state index contributed by atoms with van der Waals surface area (Å²) in [4.78, 5) is 14.5. The molecular formula is C8H11F3N4O2. The van der Waals surface area contributed by atoms with Crippen molar-refractivity contribution in [2.75, 3.05) is 6.54 Å². The van der Waals surface area contributed by atoms with Crippen LogP contribution in [0.25, 0.3) is 0 Å². The zero-order valence-corrected chi connectivity index (χ0v) is 9.13. The fourth-order valence-corrected chi connectivity index (χ4v) is 0.888. The van der Waals surface area contributed by atoms with Crippen LogP contribution in [0.15, 0.2) is 4.52 Å². The van der Waals surface area contributed by atoms with Gasteiger partial charge in [0.2, 0.25) is 0 Å². The molecule has 1 rings (SSSR count). The monoisotopic (exact) mass is 252 g/mol. The Balaban J connectivity index is 2.99. The second-order valence-corrected chi connectivity index (χ2v) is 3.48. The van der Waals surface area contributed by atoms with E-state index in [1.165, 1.54) is 0 Å². The predicted octanol–water partition coefficient (Wildman–Crippen LogP) is 0.556. The van der Waals surface area contributed by atoms with Crippen molar-refractivity contribution in [1.29, 1.82) is 0 Å². The van der Waals surface area contributed by atoms with Gasteiger partial charge in [0, 0.05) is 6.54 Å². The number of nitrogens with zero attached hydrogens (tertiary/aromatic N) is 2. The average molecular weight is 252 g/mol. The van der Waals surface area contributed by atoms with Gasteiger partial charge >= 0.3 is 6.18 Å². The highest BCUT2D eigenvalue weighted by atomic mass is 19.4. The second kappa shape index (κ2) is 4.32. The smallest absolute Gasteiger partial charge is 0.349 e. The molecule has 0 bridgehead atoms. The number of hydrogen-bond donors (Lipinski definition) is 2. The van der Waals surface area contributed by atoms with E-state index in [2.05, 4.69) is 20.0 Å². The molecule has 3 N–H and O–H groups in total. The summed E-state index contributed by atoms with van der Waals surface area (Å²) in [6, 6.07) is 0. The molecule has 0 spiro atoms. The molecule has 96 valence electrons. The number of carbonyl (C=O) groups is 1. The second-order valence-electron chi connectivity index (χ2n) is 3.48. The fraction of sp³-hybridized carbons (Fsp3) is 0.625. The van der Waals surface area contributed by atoms with Gasteiger partial charge in [-0.05, 0) is 13.8 Å². The van der Waals surface area contributed by atoms with Crippen LogP contribution in [0.3, 0.4) is 0 Å². The van der Waals surface area contributed by atoms with Gasteiger partial charge in [-0.1, -0.05) is 5.16 Å². The Hall–Kier alpha value is -1.64. The normalized spacial score (nSPS) is 15.4. The van der Waals surface area contributed by atoms with Gasteiger partial charge in [-0.25, -0.2) is 0 Å². The molecule has 17 heavy (non-hydrogen) atoms. The number of rotatable bonds is 3. The van der Waals surface area contributed by atoms with E-state index in [9.17, 15) is 18.0 Å². The molecule has 1 amide bonds. The first-order valence-corrected chi connectivity index (χ1v) is 4.68. The van der Waals surface area contributed by atoms with Crippen molar-refractivity contribution >= 4 is 5.91 Å². The third-order valence-electron chi connectivity index (χ3n) is 2.00. The number of carbonyl (C=O) groups excluding carboxylic acids is 1. The van der Waals surface area contributed by atoms with Gasteiger partial charge < -0.3 is 15.6 Å². The van der Waals surface area contributed by atoms with E-state index in [-0.39, 0.29) is 0 Å². The standard InChI is InChI=1S/C8H11F3N4O2/c1-3-13-5(16)4-14-6(17-15-4)7(2,12)8(9,10)11/h3,12H2,1-2H3,(H,13,16). The Morgan fingerprint density at radius 3 is 2.59 bits per heavy atom. The summed E-state index contributed by atoms with van der Waals surface area (Å²) < 4.78 is 41.9. The summed E-state index contributed by atoms with van der Waals surface area (Å²) in [5.74, 6) is -2.06. The van der Waals surface area contributed by atoms with E-state index >= 15 is 0 Å². The minimum atomic E-state index is -4.75. The Kier molecular flexibility index (Phi) is 3.41. The third kappa shape index (κ3) is 2.54. The van der Waals surface area contributed by atoms with Gasteiger partial charge in [0.05, 0.1) is 0 Å².